The number of hydrogen-bond donors (Lipinski definition) is 1. The van der Waals surface area contributed by atoms with Crippen molar-refractivity contribution in [2.45, 2.75) is 26.3 Å². The number of amides is 1. The predicted molar refractivity (Wildman–Crippen MR) is 98.6 cm³/mol. The summed E-state index contributed by atoms with van der Waals surface area (Å²) in [5, 5.41) is 2.79. The molecule has 1 heterocycles. The lowest BCUT2D eigenvalue weighted by atomic mass is 10.1. The fraction of sp³-hybridized carbons (Fsp3) is 0.333. The fourth-order valence-electron chi connectivity index (χ4n) is 2.33. The number of pyridine rings is 1. The molecule has 1 amide bonds. The summed E-state index contributed by atoms with van der Waals surface area (Å²) in [4.78, 5) is 16.0. The number of sulfonamides is 1. The Kier molecular flexibility index (Phi) is 6.66. The van der Waals surface area contributed by atoms with Gasteiger partial charge in [0.2, 0.25) is 15.9 Å². The molecule has 0 aliphatic rings. The van der Waals surface area contributed by atoms with E-state index in [-0.39, 0.29) is 25.4 Å². The third-order valence-corrected chi connectivity index (χ3v) is 5.06. The molecule has 0 atom stereocenters. The second-order valence-corrected chi connectivity index (χ2v) is 7.78. The minimum absolute atomic E-state index is 0.0910. The van der Waals surface area contributed by atoms with Gasteiger partial charge in [-0.3, -0.25) is 9.78 Å². The molecule has 2 rings (SSSR count). The molecule has 1 aromatic carbocycles. The van der Waals surface area contributed by atoms with Gasteiger partial charge in [-0.05, 0) is 41.8 Å². The smallest absolute Gasteiger partial charge is 0.225 e. The van der Waals surface area contributed by atoms with E-state index in [2.05, 4.69) is 17.2 Å². The van der Waals surface area contributed by atoms with Gasteiger partial charge in [0, 0.05) is 37.6 Å². The van der Waals surface area contributed by atoms with Crippen LogP contribution in [0.4, 0.5) is 5.69 Å². The van der Waals surface area contributed by atoms with Crippen LogP contribution < -0.4 is 5.32 Å². The third kappa shape index (κ3) is 6.28. The summed E-state index contributed by atoms with van der Waals surface area (Å²) in [6, 6.07) is 11.1. The number of aromatic nitrogens is 1. The molecular weight excluding hydrogens is 338 g/mol. The lowest BCUT2D eigenvalue weighted by Gasteiger charge is -2.19. The molecule has 0 unspecified atom stereocenters. The number of benzene rings is 1. The number of aryl methyl sites for hydroxylation is 1. The third-order valence-electron chi connectivity index (χ3n) is 3.81. The van der Waals surface area contributed by atoms with Crippen molar-refractivity contribution in [2.24, 2.45) is 0 Å². The van der Waals surface area contributed by atoms with Gasteiger partial charge < -0.3 is 5.32 Å². The zero-order chi connectivity index (χ0) is 18.3. The molecule has 0 fully saturated rings. The minimum atomic E-state index is -3.41. The molecule has 0 spiro atoms. The number of rotatable bonds is 8. The van der Waals surface area contributed by atoms with E-state index >= 15 is 0 Å². The molecule has 0 radical (unpaired) electrons. The van der Waals surface area contributed by atoms with E-state index < -0.39 is 10.0 Å². The number of anilines is 1. The minimum Gasteiger partial charge on any atom is -0.326 e. The van der Waals surface area contributed by atoms with Crippen molar-refractivity contribution in [1.29, 1.82) is 0 Å². The number of nitrogens with one attached hydrogen (secondary N) is 1. The van der Waals surface area contributed by atoms with Crippen molar-refractivity contribution in [2.75, 3.05) is 18.1 Å². The molecule has 134 valence electrons. The number of carbonyl (C=O) groups excluding carboxylic acids is 1. The Hall–Kier alpha value is -2.25. The van der Waals surface area contributed by atoms with E-state index in [0.29, 0.717) is 5.69 Å². The molecule has 0 saturated heterocycles. The molecule has 25 heavy (non-hydrogen) atoms. The fourth-order valence-corrected chi connectivity index (χ4v) is 3.13. The van der Waals surface area contributed by atoms with Crippen LogP contribution in [0.5, 0.6) is 0 Å². The average molecular weight is 361 g/mol. The lowest BCUT2D eigenvalue weighted by Crippen LogP contribution is -2.32. The first-order valence-corrected chi connectivity index (χ1v) is 9.96. The molecule has 0 aliphatic heterocycles. The van der Waals surface area contributed by atoms with Gasteiger partial charge in [0.25, 0.3) is 0 Å². The van der Waals surface area contributed by atoms with Crippen molar-refractivity contribution in [1.82, 2.24) is 9.29 Å². The highest BCUT2D eigenvalue weighted by molar-refractivity contribution is 7.88. The zero-order valence-corrected chi connectivity index (χ0v) is 15.3. The second-order valence-electron chi connectivity index (χ2n) is 5.80. The van der Waals surface area contributed by atoms with Gasteiger partial charge in [-0.15, -0.1) is 0 Å². The molecule has 6 nitrogen and oxygen atoms in total. The van der Waals surface area contributed by atoms with E-state index in [1.165, 1.54) is 9.87 Å². The van der Waals surface area contributed by atoms with Crippen molar-refractivity contribution >= 4 is 21.6 Å². The van der Waals surface area contributed by atoms with E-state index in [1.54, 1.807) is 24.5 Å². The van der Waals surface area contributed by atoms with Crippen LogP contribution in [0.1, 0.15) is 24.5 Å². The van der Waals surface area contributed by atoms with Gasteiger partial charge in [0.15, 0.2) is 0 Å². The van der Waals surface area contributed by atoms with Crippen molar-refractivity contribution < 1.29 is 13.2 Å². The van der Waals surface area contributed by atoms with E-state index in [0.717, 1.165) is 18.2 Å². The van der Waals surface area contributed by atoms with Crippen LogP contribution in [-0.2, 0) is 27.8 Å². The van der Waals surface area contributed by atoms with Crippen LogP contribution >= 0.6 is 0 Å². The van der Waals surface area contributed by atoms with Gasteiger partial charge >= 0.3 is 0 Å². The van der Waals surface area contributed by atoms with Crippen LogP contribution in [0.3, 0.4) is 0 Å². The van der Waals surface area contributed by atoms with Crippen molar-refractivity contribution in [3.8, 4) is 0 Å². The summed E-state index contributed by atoms with van der Waals surface area (Å²) in [6.07, 6.45) is 5.40. The number of hydrogen-bond acceptors (Lipinski definition) is 4. The van der Waals surface area contributed by atoms with Crippen LogP contribution in [0, 0.1) is 0 Å². The van der Waals surface area contributed by atoms with E-state index in [4.69, 9.17) is 0 Å². The SMILES string of the molecule is CCc1ccc(NC(=O)CCN(Cc2ccncc2)S(C)(=O)=O)cc1. The van der Waals surface area contributed by atoms with Gasteiger partial charge in [-0.25, -0.2) is 8.42 Å². The molecule has 7 heteroatoms. The maximum Gasteiger partial charge on any atom is 0.225 e. The van der Waals surface area contributed by atoms with Crippen molar-refractivity contribution in [3.05, 3.63) is 59.9 Å². The summed E-state index contributed by atoms with van der Waals surface area (Å²) < 4.78 is 25.2. The first-order chi connectivity index (χ1) is 11.9. The Morgan fingerprint density at radius 2 is 1.72 bits per heavy atom. The second kappa shape index (κ2) is 8.73. The Morgan fingerprint density at radius 1 is 1.08 bits per heavy atom. The summed E-state index contributed by atoms with van der Waals surface area (Å²) in [6.45, 7) is 2.41. The van der Waals surface area contributed by atoms with Gasteiger partial charge in [-0.1, -0.05) is 19.1 Å². The van der Waals surface area contributed by atoms with Crippen molar-refractivity contribution in [3.63, 3.8) is 0 Å². The Balaban J connectivity index is 1.93. The van der Waals surface area contributed by atoms with E-state index in [1.807, 2.05) is 24.3 Å². The summed E-state index contributed by atoms with van der Waals surface area (Å²) in [5.41, 5.74) is 2.73. The Bertz CT molecular complexity index is 790. The highest BCUT2D eigenvalue weighted by Gasteiger charge is 2.18. The van der Waals surface area contributed by atoms with Gasteiger partial charge in [0.1, 0.15) is 0 Å². The summed E-state index contributed by atoms with van der Waals surface area (Å²) in [5.74, 6) is -0.215. The normalized spacial score (nSPS) is 11.5. The number of carbonyl (C=O) groups is 1. The predicted octanol–water partition coefficient (Wildman–Crippen LogP) is 2.43. The molecule has 0 aliphatic carbocycles. The lowest BCUT2D eigenvalue weighted by molar-refractivity contribution is -0.116. The quantitative estimate of drug-likeness (QED) is 0.783. The van der Waals surface area contributed by atoms with Crippen LogP contribution in [-0.4, -0.2) is 36.4 Å². The molecule has 0 saturated carbocycles. The topological polar surface area (TPSA) is 79.4 Å². The highest BCUT2D eigenvalue weighted by Crippen LogP contribution is 2.12. The van der Waals surface area contributed by atoms with Crippen LogP contribution in [0.2, 0.25) is 0 Å². The largest absolute Gasteiger partial charge is 0.326 e. The summed E-state index contributed by atoms with van der Waals surface area (Å²) >= 11 is 0. The first-order valence-electron chi connectivity index (χ1n) is 8.11. The molecule has 1 aromatic heterocycles. The highest BCUT2D eigenvalue weighted by atomic mass is 32.2. The molecular formula is C18H23N3O3S. The summed E-state index contributed by atoms with van der Waals surface area (Å²) in [7, 11) is -3.41. The zero-order valence-electron chi connectivity index (χ0n) is 14.5. The maximum atomic E-state index is 12.1. The molecule has 0 bridgehead atoms. The molecule has 2 aromatic rings. The standard InChI is InChI=1S/C18H23N3O3S/c1-3-15-4-6-17(7-5-15)20-18(22)10-13-21(25(2,23)24)14-16-8-11-19-12-9-16/h4-9,11-12H,3,10,13-14H2,1-2H3,(H,20,22). The van der Waals surface area contributed by atoms with E-state index in [9.17, 15) is 13.2 Å². The van der Waals surface area contributed by atoms with Crippen LogP contribution in [0.25, 0.3) is 0 Å². The van der Waals surface area contributed by atoms with Gasteiger partial charge in [0.05, 0.1) is 6.26 Å². The van der Waals surface area contributed by atoms with Crippen LogP contribution in [0.15, 0.2) is 48.8 Å². The Morgan fingerprint density at radius 3 is 2.28 bits per heavy atom. The Labute approximate surface area is 148 Å². The number of nitrogens with zero attached hydrogens (tertiary/aromatic N) is 2. The molecule has 1 N–H and O–H groups in total. The maximum absolute atomic E-state index is 12.1. The van der Waals surface area contributed by atoms with Gasteiger partial charge in [-0.2, -0.15) is 4.31 Å². The average Bonchev–Trinajstić information content (AvgIpc) is 2.59. The monoisotopic (exact) mass is 361 g/mol. The first kappa shape index (κ1) is 19.1.